The summed E-state index contributed by atoms with van der Waals surface area (Å²) in [4.78, 5) is 22.4. The van der Waals surface area contributed by atoms with Gasteiger partial charge in [-0.2, -0.15) is 11.8 Å². The molecule has 0 aliphatic rings. The molecule has 0 aromatic rings. The number of carboxylic acid groups (broad SMARTS) is 1. The van der Waals surface area contributed by atoms with Gasteiger partial charge < -0.3 is 16.2 Å². The molecule has 0 fully saturated rings. The van der Waals surface area contributed by atoms with Gasteiger partial charge in [-0.1, -0.05) is 6.92 Å². The van der Waals surface area contributed by atoms with Crippen LogP contribution in [0.2, 0.25) is 0 Å². The highest BCUT2D eigenvalue weighted by molar-refractivity contribution is 7.98. The lowest BCUT2D eigenvalue weighted by Crippen LogP contribution is -2.43. The second-order valence-corrected chi connectivity index (χ2v) is 4.64. The van der Waals surface area contributed by atoms with Gasteiger partial charge in [-0.15, -0.1) is 0 Å². The van der Waals surface area contributed by atoms with Crippen molar-refractivity contribution in [3.8, 4) is 0 Å². The summed E-state index contributed by atoms with van der Waals surface area (Å²) in [5.41, 5.74) is 5.34. The Morgan fingerprint density at radius 3 is 2.50 bits per heavy atom. The summed E-state index contributed by atoms with van der Waals surface area (Å²) in [5.74, 6) is -0.745. The second-order valence-electron chi connectivity index (χ2n) is 3.66. The maximum atomic E-state index is 11.6. The van der Waals surface area contributed by atoms with Gasteiger partial charge in [0.15, 0.2) is 0 Å². The van der Waals surface area contributed by atoms with Crippen molar-refractivity contribution in [2.45, 2.75) is 25.8 Å². The summed E-state index contributed by atoms with van der Waals surface area (Å²) in [7, 11) is 0. The Morgan fingerprint density at radius 2 is 2.06 bits per heavy atom. The number of nitrogens with two attached hydrogens (primary N) is 1. The molecule has 4 N–H and O–H groups in total. The molecule has 1 unspecified atom stereocenters. The minimum Gasteiger partial charge on any atom is -0.480 e. The van der Waals surface area contributed by atoms with Crippen LogP contribution in [0.25, 0.3) is 0 Å². The molecule has 94 valence electrons. The molecule has 1 amide bonds. The average molecular weight is 248 g/mol. The van der Waals surface area contributed by atoms with Crippen LogP contribution in [0.4, 0.5) is 0 Å². The summed E-state index contributed by atoms with van der Waals surface area (Å²) in [6, 6.07) is -0.792. The maximum Gasteiger partial charge on any atom is 0.326 e. The number of hydrogen-bond donors (Lipinski definition) is 3. The molecule has 0 bridgehead atoms. The normalized spacial score (nSPS) is 14.2. The maximum absolute atomic E-state index is 11.6. The topological polar surface area (TPSA) is 92.4 Å². The fourth-order valence-corrected chi connectivity index (χ4v) is 1.66. The fraction of sp³-hybridized carbons (Fsp3) is 0.800. The number of hydrogen-bond acceptors (Lipinski definition) is 4. The first kappa shape index (κ1) is 15.2. The van der Waals surface area contributed by atoms with E-state index in [9.17, 15) is 9.59 Å². The fourth-order valence-electron chi connectivity index (χ4n) is 1.19. The molecular formula is C10H20N2O3S. The Morgan fingerprint density at radius 1 is 1.44 bits per heavy atom. The van der Waals surface area contributed by atoms with Gasteiger partial charge >= 0.3 is 5.97 Å². The largest absolute Gasteiger partial charge is 0.480 e. The zero-order chi connectivity index (χ0) is 12.6. The third kappa shape index (κ3) is 5.97. The monoisotopic (exact) mass is 248 g/mol. The van der Waals surface area contributed by atoms with Gasteiger partial charge in [-0.3, -0.25) is 4.79 Å². The van der Waals surface area contributed by atoms with Crippen LogP contribution in [0.5, 0.6) is 0 Å². The summed E-state index contributed by atoms with van der Waals surface area (Å²) in [5, 5.41) is 11.4. The summed E-state index contributed by atoms with van der Waals surface area (Å²) in [6.45, 7) is 2.17. The Kier molecular flexibility index (Phi) is 8.01. The highest BCUT2D eigenvalue weighted by Gasteiger charge is 2.21. The van der Waals surface area contributed by atoms with E-state index in [1.54, 1.807) is 18.7 Å². The molecule has 0 aromatic heterocycles. The first-order valence-electron chi connectivity index (χ1n) is 5.25. The number of amides is 1. The van der Waals surface area contributed by atoms with Crippen LogP contribution in [0, 0.1) is 5.92 Å². The third-order valence-electron chi connectivity index (χ3n) is 2.27. The van der Waals surface area contributed by atoms with Gasteiger partial charge in [-0.25, -0.2) is 4.79 Å². The van der Waals surface area contributed by atoms with Crippen molar-refractivity contribution in [2.24, 2.45) is 11.7 Å². The van der Waals surface area contributed by atoms with Crippen molar-refractivity contribution in [3.05, 3.63) is 0 Å². The van der Waals surface area contributed by atoms with Gasteiger partial charge in [0, 0.05) is 5.92 Å². The van der Waals surface area contributed by atoms with Gasteiger partial charge in [0.1, 0.15) is 6.04 Å². The van der Waals surface area contributed by atoms with Crippen LogP contribution in [-0.2, 0) is 9.59 Å². The Balaban J connectivity index is 4.17. The number of carbonyl (C=O) groups is 2. The van der Waals surface area contributed by atoms with Crippen LogP contribution in [-0.4, -0.2) is 41.6 Å². The zero-order valence-electron chi connectivity index (χ0n) is 9.73. The van der Waals surface area contributed by atoms with Crippen molar-refractivity contribution >= 4 is 23.6 Å². The van der Waals surface area contributed by atoms with Crippen LogP contribution >= 0.6 is 11.8 Å². The third-order valence-corrected chi connectivity index (χ3v) is 2.92. The standard InChI is InChI=1S/C10H20N2O3S/c1-7(3-5-11)9(13)12-8(10(14)15)4-6-16-2/h7-8H,3-6,11H2,1-2H3,(H,12,13)(H,14,15)/t7?,8-/m1/s1. The number of carbonyl (C=O) groups excluding carboxylic acids is 1. The van der Waals surface area contributed by atoms with Crippen LogP contribution < -0.4 is 11.1 Å². The molecule has 2 atom stereocenters. The van der Waals surface area contributed by atoms with E-state index in [4.69, 9.17) is 10.8 Å². The predicted octanol–water partition coefficient (Wildman–Crippen LogP) is 0.294. The van der Waals surface area contributed by atoms with Crippen LogP contribution in [0.15, 0.2) is 0 Å². The highest BCUT2D eigenvalue weighted by Crippen LogP contribution is 2.04. The smallest absolute Gasteiger partial charge is 0.326 e. The first-order chi connectivity index (χ1) is 7.52. The molecule has 0 spiro atoms. The van der Waals surface area contributed by atoms with E-state index in [-0.39, 0.29) is 11.8 Å². The van der Waals surface area contributed by atoms with Gasteiger partial charge in [0.2, 0.25) is 5.91 Å². The molecule has 0 rings (SSSR count). The zero-order valence-corrected chi connectivity index (χ0v) is 10.5. The molecule has 0 radical (unpaired) electrons. The van der Waals surface area contributed by atoms with Gasteiger partial charge in [0.25, 0.3) is 0 Å². The Hall–Kier alpha value is -0.750. The SMILES string of the molecule is CSCC[C@@H](NC(=O)C(C)CCN)C(=O)O. The van der Waals surface area contributed by atoms with E-state index in [1.807, 2.05) is 6.26 Å². The molecule has 0 aromatic carbocycles. The van der Waals surface area contributed by atoms with Crippen molar-refractivity contribution in [2.75, 3.05) is 18.6 Å². The van der Waals surface area contributed by atoms with E-state index < -0.39 is 12.0 Å². The van der Waals surface area contributed by atoms with Crippen molar-refractivity contribution < 1.29 is 14.7 Å². The van der Waals surface area contributed by atoms with Crippen LogP contribution in [0.1, 0.15) is 19.8 Å². The summed E-state index contributed by atoms with van der Waals surface area (Å²) < 4.78 is 0. The number of nitrogens with one attached hydrogen (secondary N) is 1. The summed E-state index contributed by atoms with van der Waals surface area (Å²) >= 11 is 1.56. The molecule has 16 heavy (non-hydrogen) atoms. The number of carboxylic acids is 1. The molecule has 0 heterocycles. The minimum atomic E-state index is -0.984. The van der Waals surface area contributed by atoms with Gasteiger partial charge in [-0.05, 0) is 31.4 Å². The number of rotatable bonds is 8. The highest BCUT2D eigenvalue weighted by atomic mass is 32.2. The molecule has 0 aliphatic carbocycles. The first-order valence-corrected chi connectivity index (χ1v) is 6.64. The van der Waals surface area contributed by atoms with Gasteiger partial charge in [0.05, 0.1) is 0 Å². The van der Waals surface area contributed by atoms with E-state index in [2.05, 4.69) is 5.32 Å². The Labute approximate surface area is 100 Å². The quantitative estimate of drug-likeness (QED) is 0.574. The van der Waals surface area contributed by atoms with Crippen molar-refractivity contribution in [1.29, 1.82) is 0 Å². The average Bonchev–Trinajstić information content (AvgIpc) is 2.23. The second kappa shape index (κ2) is 8.41. The summed E-state index contributed by atoms with van der Waals surface area (Å²) in [6.07, 6.45) is 2.91. The van der Waals surface area contributed by atoms with E-state index >= 15 is 0 Å². The van der Waals surface area contributed by atoms with Crippen LogP contribution in [0.3, 0.4) is 0 Å². The molecule has 5 nitrogen and oxygen atoms in total. The lowest BCUT2D eigenvalue weighted by Gasteiger charge is -2.17. The molecule has 0 aliphatic heterocycles. The molecular weight excluding hydrogens is 228 g/mol. The molecule has 6 heteroatoms. The van der Waals surface area contributed by atoms with E-state index in [0.717, 1.165) is 0 Å². The van der Waals surface area contributed by atoms with E-state index in [1.165, 1.54) is 0 Å². The predicted molar refractivity (Wildman–Crippen MR) is 65.4 cm³/mol. The Bertz CT molecular complexity index is 236. The molecule has 0 saturated carbocycles. The molecule has 0 saturated heterocycles. The van der Waals surface area contributed by atoms with E-state index in [0.29, 0.717) is 25.1 Å². The number of aliphatic carboxylic acids is 1. The lowest BCUT2D eigenvalue weighted by atomic mass is 10.1. The number of thioether (sulfide) groups is 1. The lowest BCUT2D eigenvalue weighted by molar-refractivity contribution is -0.142. The van der Waals surface area contributed by atoms with Crippen molar-refractivity contribution in [1.82, 2.24) is 5.32 Å². The minimum absolute atomic E-state index is 0.235. The van der Waals surface area contributed by atoms with Crippen molar-refractivity contribution in [3.63, 3.8) is 0 Å².